The summed E-state index contributed by atoms with van der Waals surface area (Å²) in [7, 11) is 0. The second kappa shape index (κ2) is 31.8. The molecule has 26 heavy (non-hydrogen) atoms. The van der Waals surface area contributed by atoms with E-state index in [-0.39, 0.29) is 46.5 Å². The first-order valence-electron chi connectivity index (χ1n) is 8.91. The maximum Gasteiger partial charge on any atom is 3.00 e. The van der Waals surface area contributed by atoms with Gasteiger partial charge in [-0.3, -0.25) is 0 Å². The fourth-order valence-corrected chi connectivity index (χ4v) is 1.56. The molecule has 0 aromatic rings. The number of aliphatic carboxylic acids is 3. The van der Waals surface area contributed by atoms with Crippen LogP contribution >= 0.6 is 0 Å². The standard InChI is InChI=1S/3C6H12O2.H2O.Ti/c3*1-2-3-4-5-6(7)8;;/h3*2-5H2,1H3,(H,7,8);1H2;/q;;;;+3/p-3. The van der Waals surface area contributed by atoms with Crippen LogP contribution in [0.5, 0.6) is 0 Å². The van der Waals surface area contributed by atoms with Crippen molar-refractivity contribution in [3.05, 3.63) is 0 Å². The van der Waals surface area contributed by atoms with Crippen molar-refractivity contribution in [2.45, 2.75) is 97.8 Å². The van der Waals surface area contributed by atoms with Gasteiger partial charge in [0, 0.05) is 17.9 Å². The van der Waals surface area contributed by atoms with E-state index in [4.69, 9.17) is 0 Å². The van der Waals surface area contributed by atoms with E-state index in [1.54, 1.807) is 0 Å². The van der Waals surface area contributed by atoms with Crippen molar-refractivity contribution in [1.82, 2.24) is 0 Å². The molecular formula is C18H35O7Ti. The van der Waals surface area contributed by atoms with Crippen molar-refractivity contribution in [3.8, 4) is 0 Å². The minimum Gasteiger partial charge on any atom is -0.550 e. The number of unbranched alkanes of at least 4 members (excludes halogenated alkanes) is 6. The Kier molecular flexibility index (Phi) is 44.1. The Morgan fingerprint density at radius 1 is 0.538 bits per heavy atom. The molecule has 0 aliphatic heterocycles. The molecule has 0 atom stereocenters. The van der Waals surface area contributed by atoms with E-state index in [0.717, 1.165) is 57.8 Å². The zero-order valence-electron chi connectivity index (χ0n) is 16.4. The van der Waals surface area contributed by atoms with Gasteiger partial charge in [0.1, 0.15) is 0 Å². The van der Waals surface area contributed by atoms with Gasteiger partial charge in [0.15, 0.2) is 0 Å². The molecular weight excluding hydrogens is 376 g/mol. The van der Waals surface area contributed by atoms with Crippen LogP contribution in [0.4, 0.5) is 0 Å². The summed E-state index contributed by atoms with van der Waals surface area (Å²) in [6.07, 6.45) is 9.11. The van der Waals surface area contributed by atoms with Crippen LogP contribution in [0.2, 0.25) is 0 Å². The monoisotopic (exact) mass is 411 g/mol. The van der Waals surface area contributed by atoms with Gasteiger partial charge in [0.25, 0.3) is 0 Å². The van der Waals surface area contributed by atoms with Crippen LogP contribution < -0.4 is 15.3 Å². The average Bonchev–Trinajstić information content (AvgIpc) is 2.48. The Labute approximate surface area is 172 Å². The molecule has 0 aromatic carbocycles. The van der Waals surface area contributed by atoms with Crippen molar-refractivity contribution in [2.75, 3.05) is 0 Å². The predicted octanol–water partition coefficient (Wildman–Crippen LogP) is 0.123. The molecule has 0 fully saturated rings. The summed E-state index contributed by atoms with van der Waals surface area (Å²) in [5, 5.41) is 29.3. The van der Waals surface area contributed by atoms with Crippen molar-refractivity contribution in [3.63, 3.8) is 0 Å². The number of hydrogen-bond donors (Lipinski definition) is 0. The van der Waals surface area contributed by atoms with Gasteiger partial charge < -0.3 is 35.2 Å². The summed E-state index contributed by atoms with van der Waals surface area (Å²) in [5.74, 6) is -2.80. The Balaban J connectivity index is -0.0000000817. The maximum atomic E-state index is 9.76. The van der Waals surface area contributed by atoms with Gasteiger partial charge in [-0.2, -0.15) is 0 Å². The minimum absolute atomic E-state index is 0. The van der Waals surface area contributed by atoms with E-state index in [9.17, 15) is 29.7 Å². The number of carboxylic acids is 3. The van der Waals surface area contributed by atoms with E-state index >= 15 is 0 Å². The molecule has 0 unspecified atom stereocenters. The Morgan fingerprint density at radius 3 is 0.846 bits per heavy atom. The van der Waals surface area contributed by atoms with Gasteiger partial charge in [-0.05, 0) is 38.5 Å². The van der Waals surface area contributed by atoms with E-state index in [1.165, 1.54) is 0 Å². The van der Waals surface area contributed by atoms with Crippen LogP contribution in [0.15, 0.2) is 0 Å². The molecule has 0 aromatic heterocycles. The molecule has 0 aliphatic rings. The average molecular weight is 411 g/mol. The van der Waals surface area contributed by atoms with Gasteiger partial charge in [-0.25, -0.2) is 0 Å². The van der Waals surface area contributed by atoms with Gasteiger partial charge >= 0.3 is 21.7 Å². The Hall–Kier alpha value is -0.916. The minimum atomic E-state index is -0.932. The number of rotatable bonds is 12. The molecule has 0 heterocycles. The quantitative estimate of drug-likeness (QED) is 0.329. The van der Waals surface area contributed by atoms with Gasteiger partial charge in [0.05, 0.1) is 0 Å². The third-order valence-corrected chi connectivity index (χ3v) is 2.95. The number of carboxylic acid groups (broad SMARTS) is 3. The van der Waals surface area contributed by atoms with Gasteiger partial charge in [0.2, 0.25) is 0 Å². The largest absolute Gasteiger partial charge is 3.00 e. The summed E-state index contributed by atoms with van der Waals surface area (Å²) in [6, 6.07) is 0. The molecule has 0 aliphatic carbocycles. The van der Waals surface area contributed by atoms with Crippen molar-refractivity contribution in [1.29, 1.82) is 0 Å². The molecule has 0 bridgehead atoms. The summed E-state index contributed by atoms with van der Waals surface area (Å²) in [6.45, 7) is 6.11. The predicted molar refractivity (Wildman–Crippen MR) is 91.1 cm³/mol. The molecule has 153 valence electrons. The van der Waals surface area contributed by atoms with Crippen LogP contribution in [0.1, 0.15) is 97.8 Å². The summed E-state index contributed by atoms with van der Waals surface area (Å²) < 4.78 is 0. The molecule has 0 rings (SSSR count). The molecule has 0 spiro atoms. The third kappa shape index (κ3) is 56.8. The molecule has 8 heteroatoms. The van der Waals surface area contributed by atoms with Crippen LogP contribution in [0, 0.1) is 0 Å². The van der Waals surface area contributed by atoms with E-state index in [2.05, 4.69) is 0 Å². The summed E-state index contributed by atoms with van der Waals surface area (Å²) in [4.78, 5) is 29.3. The van der Waals surface area contributed by atoms with Crippen molar-refractivity contribution in [2.24, 2.45) is 0 Å². The van der Waals surface area contributed by atoms with Crippen molar-refractivity contribution >= 4 is 17.9 Å². The topological polar surface area (TPSA) is 152 Å². The van der Waals surface area contributed by atoms with Crippen LogP contribution in [-0.4, -0.2) is 23.4 Å². The van der Waals surface area contributed by atoms with Gasteiger partial charge in [-0.15, -0.1) is 0 Å². The van der Waals surface area contributed by atoms with E-state index in [0.29, 0.717) is 0 Å². The second-order valence-electron chi connectivity index (χ2n) is 5.49. The number of carbonyl (C=O) groups excluding carboxylic acids is 3. The normalized spacial score (nSPS) is 8.42. The first-order chi connectivity index (χ1) is 11.3. The Morgan fingerprint density at radius 2 is 0.731 bits per heavy atom. The SMILES string of the molecule is CCCCCC(=O)[O-].CCCCCC(=O)[O-].CCCCCC(=O)[O-].O.[Ti+3]. The smallest absolute Gasteiger partial charge is 0.550 e. The zero-order chi connectivity index (χ0) is 19.2. The molecule has 7 nitrogen and oxygen atoms in total. The van der Waals surface area contributed by atoms with Gasteiger partial charge in [-0.1, -0.05) is 59.3 Å². The summed E-state index contributed by atoms with van der Waals surface area (Å²) in [5.41, 5.74) is 0. The molecule has 0 saturated carbocycles. The van der Waals surface area contributed by atoms with Crippen LogP contribution in [-0.2, 0) is 36.1 Å². The Bertz CT molecular complexity index is 262. The maximum absolute atomic E-state index is 9.76. The fourth-order valence-electron chi connectivity index (χ4n) is 1.56. The zero-order valence-corrected chi connectivity index (χ0v) is 18.0. The fraction of sp³-hybridized carbons (Fsp3) is 0.833. The van der Waals surface area contributed by atoms with Crippen LogP contribution in [0.25, 0.3) is 0 Å². The molecule has 2 N–H and O–H groups in total. The molecule has 0 amide bonds. The second-order valence-corrected chi connectivity index (χ2v) is 5.49. The first kappa shape index (κ1) is 36.1. The van der Waals surface area contributed by atoms with Crippen molar-refractivity contribution < 1.29 is 56.9 Å². The van der Waals surface area contributed by atoms with E-state index in [1.807, 2.05) is 20.8 Å². The molecule has 1 radical (unpaired) electrons. The van der Waals surface area contributed by atoms with Crippen LogP contribution in [0.3, 0.4) is 0 Å². The molecule has 0 saturated heterocycles. The number of carbonyl (C=O) groups is 3. The first-order valence-corrected chi connectivity index (χ1v) is 8.91. The summed E-state index contributed by atoms with van der Waals surface area (Å²) >= 11 is 0. The third-order valence-electron chi connectivity index (χ3n) is 2.95. The number of hydrogen-bond acceptors (Lipinski definition) is 6. The van der Waals surface area contributed by atoms with E-state index < -0.39 is 17.9 Å².